The molecule has 0 spiro atoms. The summed E-state index contributed by atoms with van der Waals surface area (Å²) in [5, 5.41) is 3.48. The van der Waals surface area contributed by atoms with Crippen LogP contribution < -0.4 is 5.32 Å². The molecule has 0 radical (unpaired) electrons. The van der Waals surface area contributed by atoms with Crippen molar-refractivity contribution in [3.8, 4) is 0 Å². The van der Waals surface area contributed by atoms with E-state index in [1.54, 1.807) is 0 Å². The number of likely N-dealkylation sites (N-methyl/N-ethyl adjacent to an activating group) is 1. The van der Waals surface area contributed by atoms with Crippen LogP contribution in [0.25, 0.3) is 0 Å². The topological polar surface area (TPSA) is 33.1 Å². The fraction of sp³-hybridized carbons (Fsp3) is 0.750. The Balaban J connectivity index is 1.80. The number of piperidine rings is 1. The van der Waals surface area contributed by atoms with Crippen LogP contribution in [0, 0.1) is 0 Å². The summed E-state index contributed by atoms with van der Waals surface area (Å²) >= 11 is 0. The second kappa shape index (κ2) is 6.01. The normalized spacial score (nSPS) is 21.5. The Morgan fingerprint density at radius 1 is 1.56 bits per heavy atom. The van der Waals surface area contributed by atoms with Gasteiger partial charge in [0.25, 0.3) is 0 Å². The summed E-state index contributed by atoms with van der Waals surface area (Å²) in [5.41, 5.74) is 0. The fourth-order valence-corrected chi connectivity index (χ4v) is 2.41. The summed E-state index contributed by atoms with van der Waals surface area (Å²) in [5.74, 6) is 0. The van der Waals surface area contributed by atoms with Crippen molar-refractivity contribution in [2.24, 2.45) is 0 Å². The summed E-state index contributed by atoms with van der Waals surface area (Å²) in [7, 11) is 0. The van der Waals surface area contributed by atoms with Crippen LogP contribution in [-0.2, 0) is 6.54 Å². The van der Waals surface area contributed by atoms with E-state index in [2.05, 4.69) is 26.7 Å². The highest BCUT2D eigenvalue weighted by Gasteiger charge is 2.18. The van der Waals surface area contributed by atoms with Crippen LogP contribution in [0.5, 0.6) is 0 Å². The summed E-state index contributed by atoms with van der Waals surface area (Å²) in [6.45, 7) is 7.90. The van der Waals surface area contributed by atoms with E-state index >= 15 is 0 Å². The maximum Gasteiger partial charge on any atom is 0.0946 e. The third-order valence-electron chi connectivity index (χ3n) is 3.40. The first kappa shape index (κ1) is 11.6. The van der Waals surface area contributed by atoms with E-state index in [-0.39, 0.29) is 0 Å². The Morgan fingerprint density at radius 3 is 3.12 bits per heavy atom. The van der Waals surface area contributed by atoms with Gasteiger partial charge < -0.3 is 9.88 Å². The minimum absolute atomic E-state index is 0.724. The lowest BCUT2D eigenvalue weighted by molar-refractivity contribution is 0.168. The zero-order valence-electron chi connectivity index (χ0n) is 10.1. The average Bonchev–Trinajstić information content (AvgIpc) is 2.84. The highest BCUT2D eigenvalue weighted by atomic mass is 15.2. The first-order valence-electron chi connectivity index (χ1n) is 6.30. The molecule has 4 nitrogen and oxygen atoms in total. The molecule has 2 heterocycles. The van der Waals surface area contributed by atoms with E-state index < -0.39 is 0 Å². The van der Waals surface area contributed by atoms with E-state index in [1.165, 1.54) is 19.4 Å². The van der Waals surface area contributed by atoms with Crippen LogP contribution in [0.3, 0.4) is 0 Å². The van der Waals surface area contributed by atoms with Gasteiger partial charge in [-0.1, -0.05) is 6.92 Å². The van der Waals surface area contributed by atoms with Gasteiger partial charge in [0, 0.05) is 38.1 Å². The minimum Gasteiger partial charge on any atom is -0.336 e. The van der Waals surface area contributed by atoms with Crippen molar-refractivity contribution in [1.82, 2.24) is 19.8 Å². The molecule has 1 aromatic heterocycles. The molecule has 0 aliphatic carbocycles. The van der Waals surface area contributed by atoms with Gasteiger partial charge in [0.1, 0.15) is 0 Å². The highest BCUT2D eigenvalue weighted by molar-refractivity contribution is 4.79. The molecule has 1 unspecified atom stereocenters. The van der Waals surface area contributed by atoms with Crippen molar-refractivity contribution in [2.75, 3.05) is 26.2 Å². The molecule has 0 bridgehead atoms. The Labute approximate surface area is 97.7 Å². The monoisotopic (exact) mass is 222 g/mol. The van der Waals surface area contributed by atoms with E-state index in [0.717, 1.165) is 32.2 Å². The molecule has 1 aromatic rings. The van der Waals surface area contributed by atoms with Crippen LogP contribution in [-0.4, -0.2) is 46.7 Å². The lowest BCUT2D eigenvalue weighted by Gasteiger charge is -2.33. The lowest BCUT2D eigenvalue weighted by Crippen LogP contribution is -2.46. The molecule has 1 N–H and O–H groups in total. The van der Waals surface area contributed by atoms with Gasteiger partial charge in [-0.25, -0.2) is 4.98 Å². The quantitative estimate of drug-likeness (QED) is 0.805. The van der Waals surface area contributed by atoms with E-state index in [1.807, 2.05) is 18.7 Å². The fourth-order valence-electron chi connectivity index (χ4n) is 2.41. The summed E-state index contributed by atoms with van der Waals surface area (Å²) < 4.78 is 2.15. The minimum atomic E-state index is 0.724. The first-order chi connectivity index (χ1) is 7.90. The largest absolute Gasteiger partial charge is 0.336 e. The zero-order valence-corrected chi connectivity index (χ0v) is 10.1. The number of rotatable bonds is 5. The first-order valence-corrected chi connectivity index (χ1v) is 6.30. The van der Waals surface area contributed by atoms with Crippen molar-refractivity contribution in [2.45, 2.75) is 32.4 Å². The predicted octanol–water partition coefficient (Wildman–Crippen LogP) is 0.957. The molecule has 1 saturated heterocycles. The number of nitrogens with one attached hydrogen (secondary N) is 1. The van der Waals surface area contributed by atoms with Gasteiger partial charge in [0.05, 0.1) is 6.33 Å². The molecule has 1 fully saturated rings. The molecule has 1 aliphatic heterocycles. The molecule has 0 saturated carbocycles. The van der Waals surface area contributed by atoms with Gasteiger partial charge in [-0.2, -0.15) is 0 Å². The maximum atomic E-state index is 4.07. The average molecular weight is 222 g/mol. The third kappa shape index (κ3) is 3.06. The summed E-state index contributed by atoms with van der Waals surface area (Å²) in [6.07, 6.45) is 8.43. The standard InChI is InChI=1S/C12H22N4/c1-2-16(12-4-3-5-13-10-12)9-8-15-7-6-14-11-15/h6-7,11-13H,2-5,8-10H2,1H3. The van der Waals surface area contributed by atoms with Gasteiger partial charge in [-0.3, -0.25) is 4.90 Å². The Kier molecular flexibility index (Phi) is 4.36. The SMILES string of the molecule is CCN(CCn1ccnc1)C1CCCNC1. The molecule has 1 aliphatic rings. The van der Waals surface area contributed by atoms with Crippen LogP contribution in [0.4, 0.5) is 0 Å². The summed E-state index contributed by atoms with van der Waals surface area (Å²) in [6, 6.07) is 0.724. The second-order valence-corrected chi connectivity index (χ2v) is 4.43. The molecular weight excluding hydrogens is 200 g/mol. The lowest BCUT2D eigenvalue weighted by atomic mass is 10.1. The van der Waals surface area contributed by atoms with Crippen molar-refractivity contribution >= 4 is 0 Å². The van der Waals surface area contributed by atoms with Crippen LogP contribution in [0.1, 0.15) is 19.8 Å². The van der Waals surface area contributed by atoms with Gasteiger partial charge in [-0.15, -0.1) is 0 Å². The van der Waals surface area contributed by atoms with Crippen LogP contribution >= 0.6 is 0 Å². The molecule has 0 aromatic carbocycles. The maximum absolute atomic E-state index is 4.07. The van der Waals surface area contributed by atoms with E-state index in [4.69, 9.17) is 0 Å². The Hall–Kier alpha value is -0.870. The van der Waals surface area contributed by atoms with Gasteiger partial charge in [0.2, 0.25) is 0 Å². The van der Waals surface area contributed by atoms with Gasteiger partial charge >= 0.3 is 0 Å². The molecule has 1 atom stereocenters. The van der Waals surface area contributed by atoms with Gasteiger partial charge in [0.15, 0.2) is 0 Å². The van der Waals surface area contributed by atoms with Crippen molar-refractivity contribution in [3.63, 3.8) is 0 Å². The van der Waals surface area contributed by atoms with Crippen LogP contribution in [0.2, 0.25) is 0 Å². The van der Waals surface area contributed by atoms with Crippen molar-refractivity contribution in [3.05, 3.63) is 18.7 Å². The molecule has 90 valence electrons. The number of hydrogen-bond acceptors (Lipinski definition) is 3. The number of aromatic nitrogens is 2. The molecule has 4 heteroatoms. The Morgan fingerprint density at radius 2 is 2.50 bits per heavy atom. The van der Waals surface area contributed by atoms with E-state index in [0.29, 0.717) is 0 Å². The number of hydrogen-bond donors (Lipinski definition) is 1. The number of nitrogens with zero attached hydrogens (tertiary/aromatic N) is 3. The van der Waals surface area contributed by atoms with E-state index in [9.17, 15) is 0 Å². The Bertz CT molecular complexity index is 277. The van der Waals surface area contributed by atoms with Crippen molar-refractivity contribution < 1.29 is 0 Å². The summed E-state index contributed by atoms with van der Waals surface area (Å²) in [4.78, 5) is 6.65. The predicted molar refractivity (Wildman–Crippen MR) is 65.4 cm³/mol. The highest BCUT2D eigenvalue weighted by Crippen LogP contribution is 2.10. The van der Waals surface area contributed by atoms with Crippen LogP contribution in [0.15, 0.2) is 18.7 Å². The molecular formula is C12H22N4. The van der Waals surface area contributed by atoms with Crippen molar-refractivity contribution in [1.29, 1.82) is 0 Å². The molecule has 0 amide bonds. The molecule has 16 heavy (non-hydrogen) atoms. The second-order valence-electron chi connectivity index (χ2n) is 4.43. The molecule has 2 rings (SSSR count). The number of imidazole rings is 1. The third-order valence-corrected chi connectivity index (χ3v) is 3.40. The van der Waals surface area contributed by atoms with Gasteiger partial charge in [-0.05, 0) is 25.9 Å². The zero-order chi connectivity index (χ0) is 11.2. The smallest absolute Gasteiger partial charge is 0.0946 e.